The van der Waals surface area contributed by atoms with Gasteiger partial charge in [0.05, 0.1) is 5.69 Å². The Kier molecular flexibility index (Phi) is 6.73. The smallest absolute Gasteiger partial charge is 0.332 e. The van der Waals surface area contributed by atoms with Gasteiger partial charge >= 0.3 is 6.03 Å². The largest absolute Gasteiger partial charge is 0.345 e. The van der Waals surface area contributed by atoms with E-state index in [0.29, 0.717) is 40.7 Å². The van der Waals surface area contributed by atoms with Crippen molar-refractivity contribution in [2.75, 3.05) is 25.5 Å². The van der Waals surface area contributed by atoms with E-state index in [1.165, 1.54) is 4.90 Å². The molecule has 0 aromatic heterocycles. The summed E-state index contributed by atoms with van der Waals surface area (Å²) in [7, 11) is 3.47. The number of hydrogen-bond acceptors (Lipinski definition) is 3. The molecule has 3 aromatic rings. The first-order valence-electron chi connectivity index (χ1n) is 12.2. The van der Waals surface area contributed by atoms with Crippen molar-refractivity contribution >= 4 is 46.7 Å². The maximum Gasteiger partial charge on any atom is 0.332 e. The monoisotopic (exact) mass is 535 g/mol. The molecule has 1 unspecified atom stereocenters. The summed E-state index contributed by atoms with van der Waals surface area (Å²) in [5, 5.41) is 0.733. The first-order chi connectivity index (χ1) is 17.7. The van der Waals surface area contributed by atoms with Gasteiger partial charge in [-0.25, -0.2) is 9.69 Å². The second-order valence-electron chi connectivity index (χ2n) is 9.81. The SMILES string of the molecule is CN(C)C(=O)c1ccccc1-c1ccc(CC23CCCCN2C(=O)N(c2cc(Cl)cc(Cl)c2)C3=O)cc1. The van der Waals surface area contributed by atoms with E-state index in [-0.39, 0.29) is 17.8 Å². The Morgan fingerprint density at radius 1 is 0.946 bits per heavy atom. The highest BCUT2D eigenvalue weighted by Crippen LogP contribution is 2.42. The lowest BCUT2D eigenvalue weighted by Crippen LogP contribution is -2.54. The van der Waals surface area contributed by atoms with Crippen molar-refractivity contribution in [1.29, 1.82) is 0 Å². The second kappa shape index (κ2) is 9.84. The van der Waals surface area contributed by atoms with Gasteiger partial charge in [0.2, 0.25) is 0 Å². The van der Waals surface area contributed by atoms with Crippen LogP contribution in [0.1, 0.15) is 35.2 Å². The molecule has 3 aromatic carbocycles. The van der Waals surface area contributed by atoms with Crippen molar-refractivity contribution in [3.63, 3.8) is 0 Å². The predicted molar refractivity (Wildman–Crippen MR) is 146 cm³/mol. The van der Waals surface area contributed by atoms with Gasteiger partial charge in [-0.1, -0.05) is 65.7 Å². The molecule has 2 aliphatic heterocycles. The van der Waals surface area contributed by atoms with Gasteiger partial charge in [-0.15, -0.1) is 0 Å². The quantitative estimate of drug-likeness (QED) is 0.360. The van der Waals surface area contributed by atoms with Gasteiger partial charge in [0.1, 0.15) is 5.54 Å². The Bertz CT molecular complexity index is 1370. The van der Waals surface area contributed by atoms with Crippen molar-refractivity contribution in [2.24, 2.45) is 0 Å². The standard InChI is InChI=1S/C29H27Cl2N3O3/c1-32(2)26(35)25-8-4-3-7-24(25)20-11-9-19(10-12-20)18-29-13-5-6-14-33(29)28(37)34(27(29)36)23-16-21(30)15-22(31)17-23/h3-4,7-12,15-17H,5-6,13-14,18H2,1-2H3. The van der Waals surface area contributed by atoms with Crippen molar-refractivity contribution in [1.82, 2.24) is 9.80 Å². The summed E-state index contributed by atoms with van der Waals surface area (Å²) in [6.45, 7) is 0.521. The van der Waals surface area contributed by atoms with Crippen LogP contribution in [0.25, 0.3) is 11.1 Å². The number of fused-ring (bicyclic) bond motifs is 1. The zero-order chi connectivity index (χ0) is 26.3. The molecule has 5 rings (SSSR count). The minimum atomic E-state index is -0.954. The summed E-state index contributed by atoms with van der Waals surface area (Å²) in [6, 6.07) is 19.8. The van der Waals surface area contributed by atoms with Crippen LogP contribution in [0.4, 0.5) is 10.5 Å². The fourth-order valence-corrected chi connectivity index (χ4v) is 5.93. The molecule has 0 bridgehead atoms. The second-order valence-corrected chi connectivity index (χ2v) is 10.7. The minimum absolute atomic E-state index is 0.0623. The Balaban J connectivity index is 1.47. The van der Waals surface area contributed by atoms with Crippen LogP contribution in [-0.4, -0.2) is 53.8 Å². The summed E-state index contributed by atoms with van der Waals surface area (Å²) in [6.07, 6.45) is 2.70. The minimum Gasteiger partial charge on any atom is -0.345 e. The van der Waals surface area contributed by atoms with Crippen LogP contribution in [0.15, 0.2) is 66.7 Å². The highest BCUT2D eigenvalue weighted by molar-refractivity contribution is 6.35. The van der Waals surface area contributed by atoms with Crippen LogP contribution < -0.4 is 4.90 Å². The molecule has 2 heterocycles. The molecule has 0 aliphatic carbocycles. The lowest BCUT2D eigenvalue weighted by atomic mass is 9.81. The molecule has 2 saturated heterocycles. The van der Waals surface area contributed by atoms with Gasteiger partial charge in [-0.3, -0.25) is 9.59 Å². The Morgan fingerprint density at radius 2 is 1.62 bits per heavy atom. The highest BCUT2D eigenvalue weighted by Gasteiger charge is 2.58. The molecule has 1 atom stereocenters. The predicted octanol–water partition coefficient (Wildman–Crippen LogP) is 6.30. The molecule has 2 aliphatic rings. The molecular weight excluding hydrogens is 509 g/mol. The number of hydrogen-bond donors (Lipinski definition) is 0. The van der Waals surface area contributed by atoms with Gasteiger partial charge in [0, 0.05) is 42.7 Å². The van der Waals surface area contributed by atoms with E-state index in [0.717, 1.165) is 29.5 Å². The maximum atomic E-state index is 13.9. The molecule has 0 N–H and O–H groups in total. The van der Waals surface area contributed by atoms with Crippen molar-refractivity contribution in [3.8, 4) is 11.1 Å². The first-order valence-corrected chi connectivity index (χ1v) is 13.0. The molecule has 4 amide bonds. The van der Waals surface area contributed by atoms with Crippen LogP contribution in [-0.2, 0) is 11.2 Å². The zero-order valence-corrected chi connectivity index (χ0v) is 22.2. The zero-order valence-electron chi connectivity index (χ0n) is 20.7. The molecule has 0 spiro atoms. The summed E-state index contributed by atoms with van der Waals surface area (Å²) in [4.78, 5) is 44.6. The van der Waals surface area contributed by atoms with Crippen molar-refractivity contribution in [2.45, 2.75) is 31.2 Å². The lowest BCUT2D eigenvalue weighted by molar-refractivity contribution is -0.126. The van der Waals surface area contributed by atoms with Gasteiger partial charge < -0.3 is 9.80 Å². The molecule has 8 heteroatoms. The van der Waals surface area contributed by atoms with Crippen LogP contribution in [0.3, 0.4) is 0 Å². The van der Waals surface area contributed by atoms with Gasteiger partial charge in [0.25, 0.3) is 11.8 Å². The lowest BCUT2D eigenvalue weighted by Gasteiger charge is -2.39. The molecule has 2 fully saturated rings. The van der Waals surface area contributed by atoms with E-state index in [1.807, 2.05) is 48.5 Å². The van der Waals surface area contributed by atoms with Crippen LogP contribution in [0, 0.1) is 0 Å². The van der Waals surface area contributed by atoms with Gasteiger partial charge in [-0.05, 0) is 60.2 Å². The van der Waals surface area contributed by atoms with Gasteiger partial charge in [0.15, 0.2) is 0 Å². The number of nitrogens with zero attached hydrogens (tertiary/aromatic N) is 3. The van der Waals surface area contributed by atoms with E-state index in [9.17, 15) is 14.4 Å². The fraction of sp³-hybridized carbons (Fsp3) is 0.276. The number of urea groups is 1. The summed E-state index contributed by atoms with van der Waals surface area (Å²) in [5.74, 6) is -0.311. The number of benzene rings is 3. The number of halogens is 2. The normalized spacial score (nSPS) is 19.2. The average molecular weight is 536 g/mol. The number of imide groups is 1. The highest BCUT2D eigenvalue weighted by atomic mass is 35.5. The molecular formula is C29H27Cl2N3O3. The molecule has 190 valence electrons. The van der Waals surface area contributed by atoms with E-state index in [1.54, 1.807) is 42.1 Å². The van der Waals surface area contributed by atoms with Crippen LogP contribution >= 0.6 is 23.2 Å². The Labute approximate surface area is 226 Å². The third-order valence-electron chi connectivity index (χ3n) is 7.19. The molecule has 0 radical (unpaired) electrons. The van der Waals surface area contributed by atoms with Gasteiger partial charge in [-0.2, -0.15) is 0 Å². The topological polar surface area (TPSA) is 60.9 Å². The summed E-state index contributed by atoms with van der Waals surface area (Å²) in [5.41, 5.74) is 2.77. The first kappa shape index (κ1) is 25.3. The Hall–Kier alpha value is -3.35. The van der Waals surface area contributed by atoms with E-state index in [4.69, 9.17) is 23.2 Å². The third-order valence-corrected chi connectivity index (χ3v) is 7.63. The number of carbonyl (C=O) groups excluding carboxylic acids is 3. The number of anilines is 1. The molecule has 37 heavy (non-hydrogen) atoms. The average Bonchev–Trinajstić information content (AvgIpc) is 3.09. The number of carbonyl (C=O) groups is 3. The number of rotatable bonds is 5. The molecule has 6 nitrogen and oxygen atoms in total. The molecule has 0 saturated carbocycles. The van der Waals surface area contributed by atoms with E-state index in [2.05, 4.69) is 0 Å². The number of amides is 4. The third kappa shape index (κ3) is 4.49. The van der Waals surface area contributed by atoms with Crippen molar-refractivity contribution in [3.05, 3.63) is 87.9 Å². The fourth-order valence-electron chi connectivity index (χ4n) is 5.41. The number of piperidine rings is 1. The maximum absolute atomic E-state index is 13.9. The van der Waals surface area contributed by atoms with Crippen molar-refractivity contribution < 1.29 is 14.4 Å². The van der Waals surface area contributed by atoms with Crippen LogP contribution in [0.5, 0.6) is 0 Å². The van der Waals surface area contributed by atoms with E-state index < -0.39 is 5.54 Å². The van der Waals surface area contributed by atoms with E-state index >= 15 is 0 Å². The summed E-state index contributed by atoms with van der Waals surface area (Å²) < 4.78 is 0. The Morgan fingerprint density at radius 3 is 2.30 bits per heavy atom. The van der Waals surface area contributed by atoms with Crippen LogP contribution in [0.2, 0.25) is 10.0 Å². The summed E-state index contributed by atoms with van der Waals surface area (Å²) >= 11 is 12.4.